The lowest BCUT2D eigenvalue weighted by atomic mass is 10.1. The summed E-state index contributed by atoms with van der Waals surface area (Å²) in [6, 6.07) is 24.1. The molecule has 0 spiro atoms. The van der Waals surface area contributed by atoms with Crippen LogP contribution in [0.3, 0.4) is 0 Å². The number of para-hydroxylation sites is 1. The minimum atomic E-state index is 0.255. The van der Waals surface area contributed by atoms with E-state index in [0.717, 1.165) is 43.3 Å². The Morgan fingerprint density at radius 1 is 0.933 bits per heavy atom. The molecule has 0 unspecified atom stereocenters. The van der Waals surface area contributed by atoms with Gasteiger partial charge in [-0.3, -0.25) is 4.57 Å². The predicted octanol–water partition coefficient (Wildman–Crippen LogP) is 5.63. The molecule has 1 aliphatic rings. The summed E-state index contributed by atoms with van der Waals surface area (Å²) in [7, 11) is 0. The minimum absolute atomic E-state index is 0.255. The number of aromatic nitrogens is 1. The van der Waals surface area contributed by atoms with Gasteiger partial charge in [0.2, 0.25) is 11.6 Å². The third-order valence-corrected chi connectivity index (χ3v) is 5.95. The molecule has 0 atom stereocenters. The lowest BCUT2D eigenvalue weighted by Gasteiger charge is -2.09. The van der Waals surface area contributed by atoms with Crippen LogP contribution in [0, 0.1) is 0 Å². The highest BCUT2D eigenvalue weighted by atomic mass is 79.9. The van der Waals surface area contributed by atoms with E-state index in [4.69, 9.17) is 9.47 Å². The molecule has 7 heteroatoms. The molecular formula is C23H16BrN3O2S. The van der Waals surface area contributed by atoms with Crippen molar-refractivity contribution in [2.45, 2.75) is 0 Å². The van der Waals surface area contributed by atoms with Crippen molar-refractivity contribution in [3.05, 3.63) is 93.0 Å². The van der Waals surface area contributed by atoms with Crippen molar-refractivity contribution in [1.82, 2.24) is 4.57 Å². The van der Waals surface area contributed by atoms with E-state index < -0.39 is 0 Å². The van der Waals surface area contributed by atoms with Gasteiger partial charge >= 0.3 is 0 Å². The van der Waals surface area contributed by atoms with Gasteiger partial charge in [0.25, 0.3) is 0 Å². The molecule has 0 bridgehead atoms. The van der Waals surface area contributed by atoms with Crippen LogP contribution in [0.1, 0.15) is 5.56 Å². The Balaban J connectivity index is 1.55. The molecule has 30 heavy (non-hydrogen) atoms. The molecular weight excluding hydrogens is 462 g/mol. The molecule has 148 valence electrons. The van der Waals surface area contributed by atoms with Gasteiger partial charge in [0, 0.05) is 15.5 Å². The van der Waals surface area contributed by atoms with Crippen molar-refractivity contribution in [2.24, 2.45) is 10.2 Å². The Morgan fingerprint density at radius 2 is 1.73 bits per heavy atom. The number of fused-ring (bicyclic) bond motifs is 1. The van der Waals surface area contributed by atoms with Gasteiger partial charge in [0.05, 0.1) is 11.9 Å². The van der Waals surface area contributed by atoms with Crippen molar-refractivity contribution in [3.8, 4) is 28.4 Å². The molecule has 0 N–H and O–H groups in total. The number of thiazole rings is 1. The molecule has 0 radical (unpaired) electrons. The second kappa shape index (κ2) is 8.30. The highest BCUT2D eigenvalue weighted by molar-refractivity contribution is 9.10. The summed E-state index contributed by atoms with van der Waals surface area (Å²) >= 11 is 5.05. The molecule has 2 heterocycles. The van der Waals surface area contributed by atoms with Crippen LogP contribution in [-0.2, 0) is 0 Å². The maximum Gasteiger partial charge on any atom is 0.231 e. The Morgan fingerprint density at radius 3 is 2.57 bits per heavy atom. The monoisotopic (exact) mass is 477 g/mol. The lowest BCUT2D eigenvalue weighted by Crippen LogP contribution is -2.13. The minimum Gasteiger partial charge on any atom is -0.454 e. The van der Waals surface area contributed by atoms with Crippen molar-refractivity contribution in [1.29, 1.82) is 0 Å². The van der Waals surface area contributed by atoms with Gasteiger partial charge in [0.1, 0.15) is 0 Å². The molecule has 1 aromatic heterocycles. The Labute approximate surface area is 185 Å². The van der Waals surface area contributed by atoms with E-state index >= 15 is 0 Å². The second-order valence-electron chi connectivity index (χ2n) is 6.54. The summed E-state index contributed by atoms with van der Waals surface area (Å²) in [6.07, 6.45) is 1.72. The van der Waals surface area contributed by atoms with Crippen LogP contribution in [0.5, 0.6) is 11.5 Å². The number of benzene rings is 3. The van der Waals surface area contributed by atoms with Crippen molar-refractivity contribution < 1.29 is 9.47 Å². The van der Waals surface area contributed by atoms with Crippen LogP contribution >= 0.6 is 27.3 Å². The SMILES string of the molecule is Brc1ccc(-c2cs/c(=N/N=C/c3ccc4c(c3)OCO4)n2-c2ccccc2)cc1. The zero-order valence-electron chi connectivity index (χ0n) is 15.7. The highest BCUT2D eigenvalue weighted by Gasteiger charge is 2.12. The third-order valence-electron chi connectivity index (χ3n) is 4.61. The number of hydrogen-bond acceptors (Lipinski definition) is 5. The van der Waals surface area contributed by atoms with Gasteiger partial charge in [-0.1, -0.05) is 46.3 Å². The molecule has 0 fully saturated rings. The van der Waals surface area contributed by atoms with Gasteiger partial charge in [-0.25, -0.2) is 0 Å². The standard InChI is InChI=1S/C23H16BrN3O2S/c24-18-9-7-17(8-10-18)20-14-30-23(27(20)19-4-2-1-3-5-19)26-25-13-16-6-11-21-22(12-16)29-15-28-21/h1-14H,15H2/b25-13+,26-23+. The van der Waals surface area contributed by atoms with Crippen LogP contribution < -0.4 is 14.3 Å². The van der Waals surface area contributed by atoms with E-state index in [9.17, 15) is 0 Å². The quantitative estimate of drug-likeness (QED) is 0.282. The van der Waals surface area contributed by atoms with Crippen LogP contribution in [-0.4, -0.2) is 17.6 Å². The summed E-state index contributed by atoms with van der Waals surface area (Å²) in [5, 5.41) is 10.9. The zero-order valence-corrected chi connectivity index (χ0v) is 18.1. The first kappa shape index (κ1) is 18.8. The molecule has 5 rings (SSSR count). The number of ether oxygens (including phenoxy) is 2. The molecule has 0 amide bonds. The lowest BCUT2D eigenvalue weighted by molar-refractivity contribution is 0.174. The fraction of sp³-hybridized carbons (Fsp3) is 0.0435. The zero-order chi connectivity index (χ0) is 20.3. The number of nitrogens with zero attached hydrogens (tertiary/aromatic N) is 3. The van der Waals surface area contributed by atoms with E-state index in [-0.39, 0.29) is 6.79 Å². The van der Waals surface area contributed by atoms with E-state index in [0.29, 0.717) is 0 Å². The smallest absolute Gasteiger partial charge is 0.231 e. The number of rotatable bonds is 4. The van der Waals surface area contributed by atoms with Gasteiger partial charge in [-0.05, 0) is 53.6 Å². The van der Waals surface area contributed by atoms with Crippen molar-refractivity contribution in [2.75, 3.05) is 6.79 Å². The average Bonchev–Trinajstić information content (AvgIpc) is 3.42. The Kier molecular flexibility index (Phi) is 5.21. The topological polar surface area (TPSA) is 48.1 Å². The molecule has 1 aliphatic heterocycles. The first-order chi connectivity index (χ1) is 14.8. The Bertz CT molecular complexity index is 1280. The summed E-state index contributed by atoms with van der Waals surface area (Å²) in [6.45, 7) is 0.255. The van der Waals surface area contributed by atoms with Crippen LogP contribution in [0.25, 0.3) is 16.9 Å². The molecule has 4 aromatic rings. The van der Waals surface area contributed by atoms with Gasteiger partial charge < -0.3 is 9.47 Å². The maximum absolute atomic E-state index is 5.42. The summed E-state index contributed by atoms with van der Waals surface area (Å²) in [5.41, 5.74) is 4.11. The molecule has 0 aliphatic carbocycles. The largest absolute Gasteiger partial charge is 0.454 e. The van der Waals surface area contributed by atoms with Gasteiger partial charge in [-0.15, -0.1) is 16.4 Å². The first-order valence-electron chi connectivity index (χ1n) is 9.26. The third kappa shape index (κ3) is 3.81. The van der Waals surface area contributed by atoms with Crippen LogP contribution in [0.2, 0.25) is 0 Å². The number of hydrogen-bond donors (Lipinski definition) is 0. The van der Waals surface area contributed by atoms with Crippen LogP contribution in [0.15, 0.2) is 92.9 Å². The summed E-state index contributed by atoms with van der Waals surface area (Å²) in [4.78, 5) is 0.788. The summed E-state index contributed by atoms with van der Waals surface area (Å²) in [5.74, 6) is 1.48. The van der Waals surface area contributed by atoms with Crippen molar-refractivity contribution in [3.63, 3.8) is 0 Å². The van der Waals surface area contributed by atoms with Gasteiger partial charge in [-0.2, -0.15) is 5.10 Å². The fourth-order valence-corrected chi connectivity index (χ4v) is 4.29. The fourth-order valence-electron chi connectivity index (χ4n) is 3.17. The van der Waals surface area contributed by atoms with E-state index in [2.05, 4.69) is 60.3 Å². The average molecular weight is 478 g/mol. The first-order valence-corrected chi connectivity index (χ1v) is 10.9. The molecule has 0 saturated heterocycles. The predicted molar refractivity (Wildman–Crippen MR) is 123 cm³/mol. The van der Waals surface area contributed by atoms with Crippen LogP contribution in [0.4, 0.5) is 0 Å². The van der Waals surface area contributed by atoms with E-state index in [1.807, 2.05) is 48.5 Å². The molecule has 0 saturated carbocycles. The second-order valence-corrected chi connectivity index (χ2v) is 8.29. The molecule has 5 nitrogen and oxygen atoms in total. The Hall–Kier alpha value is -3.16. The molecule has 3 aromatic carbocycles. The number of halogens is 1. The van der Waals surface area contributed by atoms with Gasteiger partial charge in [0.15, 0.2) is 11.5 Å². The maximum atomic E-state index is 5.42. The van der Waals surface area contributed by atoms with E-state index in [1.54, 1.807) is 17.6 Å². The summed E-state index contributed by atoms with van der Waals surface area (Å²) < 4.78 is 13.9. The van der Waals surface area contributed by atoms with E-state index in [1.165, 1.54) is 0 Å². The normalized spacial score (nSPS) is 13.3. The highest BCUT2D eigenvalue weighted by Crippen LogP contribution is 2.32. The van der Waals surface area contributed by atoms with Crippen molar-refractivity contribution >= 4 is 33.5 Å².